The van der Waals surface area contributed by atoms with Gasteiger partial charge < -0.3 is 19.6 Å². The van der Waals surface area contributed by atoms with Crippen LogP contribution in [0.1, 0.15) is 0 Å². The minimum absolute atomic E-state index is 0.0115. The molecule has 0 unspecified atom stereocenters. The first-order valence-corrected chi connectivity index (χ1v) is 9.52. The molecule has 0 aliphatic rings. The molecule has 1 heterocycles. The number of rotatable bonds is 5. The number of anilines is 1. The van der Waals surface area contributed by atoms with Crippen LogP contribution in [-0.2, 0) is 4.79 Å². The second-order valence-electron chi connectivity index (χ2n) is 6.62. The van der Waals surface area contributed by atoms with Crippen LogP contribution in [0.3, 0.4) is 0 Å². The summed E-state index contributed by atoms with van der Waals surface area (Å²) >= 11 is 5.69. The topological polar surface area (TPSA) is 88.8 Å². The van der Waals surface area contributed by atoms with Gasteiger partial charge in [-0.05, 0) is 18.2 Å². The number of hydrogen-bond donors (Lipinski definition) is 2. The number of aromatic hydroxyl groups is 1. The molecule has 4 rings (SSSR count). The van der Waals surface area contributed by atoms with Gasteiger partial charge in [0.05, 0.1) is 5.02 Å². The Morgan fingerprint density at radius 1 is 1.10 bits per heavy atom. The number of ether oxygens (including phenoxy) is 1. The lowest BCUT2D eigenvalue weighted by molar-refractivity contribution is -0.118. The van der Waals surface area contributed by atoms with Crippen molar-refractivity contribution in [1.82, 2.24) is 0 Å². The van der Waals surface area contributed by atoms with Gasteiger partial charge in [0, 0.05) is 29.4 Å². The van der Waals surface area contributed by atoms with Crippen LogP contribution in [0.2, 0.25) is 5.02 Å². The highest BCUT2D eigenvalue weighted by atomic mass is 35.5. The fraction of sp³-hybridized carbons (Fsp3) is 0.0435. The maximum Gasteiger partial charge on any atom is 0.262 e. The van der Waals surface area contributed by atoms with Crippen LogP contribution in [0, 0.1) is 5.82 Å². The molecule has 0 spiro atoms. The largest absolute Gasteiger partial charge is 0.507 e. The summed E-state index contributed by atoms with van der Waals surface area (Å²) in [5.74, 6) is -0.988. The van der Waals surface area contributed by atoms with E-state index in [1.54, 1.807) is 12.1 Å². The van der Waals surface area contributed by atoms with Crippen molar-refractivity contribution in [3.63, 3.8) is 0 Å². The summed E-state index contributed by atoms with van der Waals surface area (Å²) in [6.07, 6.45) is 0. The number of halogens is 2. The minimum atomic E-state index is -0.598. The van der Waals surface area contributed by atoms with Crippen LogP contribution in [-0.4, -0.2) is 17.6 Å². The van der Waals surface area contributed by atoms with Gasteiger partial charge in [0.1, 0.15) is 34.0 Å². The summed E-state index contributed by atoms with van der Waals surface area (Å²) in [7, 11) is 0. The Morgan fingerprint density at radius 3 is 2.61 bits per heavy atom. The Hall–Kier alpha value is -3.84. The molecule has 0 fully saturated rings. The average Bonchev–Trinajstić information content (AvgIpc) is 2.75. The van der Waals surface area contributed by atoms with E-state index < -0.39 is 23.8 Å². The minimum Gasteiger partial charge on any atom is -0.507 e. The standard InChI is InChI=1S/C23H15ClFNO5/c24-16-8-14(6-7-17(16)25)26-22(29)12-30-15-9-18(27)23-19(28)11-20(31-21(23)10-15)13-4-2-1-3-5-13/h1-11,27H,12H2,(H,26,29). The lowest BCUT2D eigenvalue weighted by Gasteiger charge is -2.10. The number of amides is 1. The molecule has 0 aliphatic heterocycles. The third-order valence-electron chi connectivity index (χ3n) is 4.41. The van der Waals surface area contributed by atoms with Crippen LogP contribution in [0.4, 0.5) is 10.1 Å². The highest BCUT2D eigenvalue weighted by Crippen LogP contribution is 2.31. The number of benzene rings is 3. The summed E-state index contributed by atoms with van der Waals surface area (Å²) in [6.45, 7) is -0.400. The molecule has 8 heteroatoms. The Labute approximate surface area is 180 Å². The van der Waals surface area contributed by atoms with Gasteiger partial charge in [0.25, 0.3) is 5.91 Å². The molecule has 0 atom stereocenters. The molecule has 2 N–H and O–H groups in total. The van der Waals surface area contributed by atoms with Crippen molar-refractivity contribution < 1.29 is 23.4 Å². The third kappa shape index (κ3) is 4.51. The molecule has 0 saturated heterocycles. The fourth-order valence-corrected chi connectivity index (χ4v) is 3.17. The smallest absolute Gasteiger partial charge is 0.262 e. The highest BCUT2D eigenvalue weighted by molar-refractivity contribution is 6.31. The molecule has 1 amide bonds. The second-order valence-corrected chi connectivity index (χ2v) is 7.03. The predicted molar refractivity (Wildman–Crippen MR) is 115 cm³/mol. The molecule has 156 valence electrons. The zero-order valence-electron chi connectivity index (χ0n) is 15.9. The normalized spacial score (nSPS) is 10.8. The van der Waals surface area contributed by atoms with E-state index in [1.165, 1.54) is 30.3 Å². The molecule has 1 aromatic heterocycles. The average molecular weight is 440 g/mol. The van der Waals surface area contributed by atoms with E-state index in [2.05, 4.69) is 5.32 Å². The van der Waals surface area contributed by atoms with Crippen molar-refractivity contribution in [3.8, 4) is 22.8 Å². The Bertz CT molecular complexity index is 1340. The lowest BCUT2D eigenvalue weighted by atomic mass is 10.1. The van der Waals surface area contributed by atoms with Gasteiger partial charge >= 0.3 is 0 Å². The number of phenolic OH excluding ortho intramolecular Hbond substituents is 1. The SMILES string of the molecule is O=C(COc1cc(O)c2c(=O)cc(-c3ccccc3)oc2c1)Nc1ccc(F)c(Cl)c1. The van der Waals surface area contributed by atoms with Crippen LogP contribution in [0.5, 0.6) is 11.5 Å². The zero-order chi connectivity index (χ0) is 22.0. The molecule has 4 aromatic rings. The van der Waals surface area contributed by atoms with Gasteiger partial charge in [0.15, 0.2) is 12.0 Å². The van der Waals surface area contributed by atoms with Crippen molar-refractivity contribution in [2.24, 2.45) is 0 Å². The van der Waals surface area contributed by atoms with E-state index >= 15 is 0 Å². The number of carbonyl (C=O) groups excluding carboxylic acids is 1. The number of fused-ring (bicyclic) bond motifs is 1. The summed E-state index contributed by atoms with van der Waals surface area (Å²) in [5, 5.41) is 12.7. The first kappa shape index (κ1) is 20.4. The Kier molecular flexibility index (Phi) is 5.60. The summed E-state index contributed by atoms with van der Waals surface area (Å²) in [4.78, 5) is 24.6. The molecule has 6 nitrogen and oxygen atoms in total. The predicted octanol–water partition coefficient (Wildman–Crippen LogP) is 4.98. The quantitative estimate of drug-likeness (QED) is 0.458. The molecule has 3 aromatic carbocycles. The van der Waals surface area contributed by atoms with Crippen molar-refractivity contribution in [2.75, 3.05) is 11.9 Å². The summed E-state index contributed by atoms with van der Waals surface area (Å²) in [5.41, 5.74) is 0.715. The van der Waals surface area contributed by atoms with Gasteiger partial charge in [-0.25, -0.2) is 4.39 Å². The van der Waals surface area contributed by atoms with E-state index in [4.69, 9.17) is 20.8 Å². The van der Waals surface area contributed by atoms with E-state index in [-0.39, 0.29) is 27.5 Å². The first-order valence-electron chi connectivity index (χ1n) is 9.15. The van der Waals surface area contributed by atoms with Crippen LogP contribution < -0.4 is 15.5 Å². The van der Waals surface area contributed by atoms with Crippen molar-refractivity contribution >= 4 is 34.2 Å². The fourth-order valence-electron chi connectivity index (χ4n) is 2.99. The second kappa shape index (κ2) is 8.49. The maximum absolute atomic E-state index is 13.2. The van der Waals surface area contributed by atoms with Crippen LogP contribution >= 0.6 is 11.6 Å². The maximum atomic E-state index is 13.2. The molecule has 0 saturated carbocycles. The monoisotopic (exact) mass is 439 g/mol. The molecular formula is C23H15ClFNO5. The number of nitrogens with one attached hydrogen (secondary N) is 1. The van der Waals surface area contributed by atoms with Crippen LogP contribution in [0.15, 0.2) is 75.9 Å². The molecular weight excluding hydrogens is 425 g/mol. The number of hydrogen-bond acceptors (Lipinski definition) is 5. The van der Waals surface area contributed by atoms with E-state index in [9.17, 15) is 19.1 Å². The molecule has 31 heavy (non-hydrogen) atoms. The first-order chi connectivity index (χ1) is 14.9. The van der Waals surface area contributed by atoms with Gasteiger partial charge in [-0.15, -0.1) is 0 Å². The number of phenols is 1. The third-order valence-corrected chi connectivity index (χ3v) is 4.70. The van der Waals surface area contributed by atoms with Gasteiger partial charge in [0.2, 0.25) is 0 Å². The van der Waals surface area contributed by atoms with E-state index in [0.717, 1.165) is 6.07 Å². The summed E-state index contributed by atoms with van der Waals surface area (Å²) < 4.78 is 24.4. The highest BCUT2D eigenvalue weighted by Gasteiger charge is 2.14. The summed E-state index contributed by atoms with van der Waals surface area (Å²) in [6, 6.07) is 16.8. The van der Waals surface area contributed by atoms with Crippen molar-refractivity contribution in [1.29, 1.82) is 0 Å². The molecule has 0 bridgehead atoms. The number of carbonyl (C=O) groups is 1. The molecule has 0 radical (unpaired) electrons. The zero-order valence-corrected chi connectivity index (χ0v) is 16.7. The Balaban J connectivity index is 1.55. The van der Waals surface area contributed by atoms with Crippen LogP contribution in [0.25, 0.3) is 22.3 Å². The van der Waals surface area contributed by atoms with E-state index in [1.807, 2.05) is 18.2 Å². The Morgan fingerprint density at radius 2 is 1.87 bits per heavy atom. The van der Waals surface area contributed by atoms with Crippen molar-refractivity contribution in [2.45, 2.75) is 0 Å². The van der Waals surface area contributed by atoms with Gasteiger partial charge in [-0.2, -0.15) is 0 Å². The van der Waals surface area contributed by atoms with Gasteiger partial charge in [-0.3, -0.25) is 9.59 Å². The van der Waals surface area contributed by atoms with Gasteiger partial charge in [-0.1, -0.05) is 41.9 Å². The lowest BCUT2D eigenvalue weighted by Crippen LogP contribution is -2.20. The van der Waals surface area contributed by atoms with Crippen molar-refractivity contribution in [3.05, 3.63) is 87.8 Å². The van der Waals surface area contributed by atoms with E-state index in [0.29, 0.717) is 17.0 Å². The molecule has 0 aliphatic carbocycles.